The Balaban J connectivity index is 1.88. The Morgan fingerprint density at radius 1 is 1.17 bits per heavy atom. The molecule has 1 aromatic rings. The Morgan fingerprint density at radius 3 is 2.39 bits per heavy atom. The van der Waals surface area contributed by atoms with Crippen molar-refractivity contribution < 1.29 is 14.6 Å². The maximum Gasteiger partial charge on any atom is 0.130 e. The van der Waals surface area contributed by atoms with E-state index in [0.717, 1.165) is 50.7 Å². The number of piperazine rings is 1. The van der Waals surface area contributed by atoms with Crippen molar-refractivity contribution in [2.24, 2.45) is 0 Å². The first-order chi connectivity index (χ1) is 11.0. The summed E-state index contributed by atoms with van der Waals surface area (Å²) in [5.41, 5.74) is -0.642. The zero-order valence-electron chi connectivity index (χ0n) is 14.5. The van der Waals surface area contributed by atoms with Crippen molar-refractivity contribution in [1.82, 2.24) is 10.2 Å². The number of nitrogens with zero attached hydrogens (tertiary/aromatic N) is 1. The van der Waals surface area contributed by atoms with Crippen molar-refractivity contribution in [3.8, 4) is 11.5 Å². The molecule has 2 N–H and O–H groups in total. The van der Waals surface area contributed by atoms with E-state index in [1.807, 2.05) is 38.1 Å². The van der Waals surface area contributed by atoms with Crippen LogP contribution in [0.15, 0.2) is 24.3 Å². The van der Waals surface area contributed by atoms with Gasteiger partial charge in [0.25, 0.3) is 0 Å². The van der Waals surface area contributed by atoms with Gasteiger partial charge in [0.05, 0.1) is 6.61 Å². The average Bonchev–Trinajstić information content (AvgIpc) is 2.55. The highest BCUT2D eigenvalue weighted by molar-refractivity contribution is 5.31. The van der Waals surface area contributed by atoms with Crippen LogP contribution in [0.5, 0.6) is 11.5 Å². The minimum absolute atomic E-state index is 0.545. The van der Waals surface area contributed by atoms with E-state index >= 15 is 0 Å². The highest BCUT2D eigenvalue weighted by atomic mass is 16.5. The molecule has 0 aliphatic carbocycles. The third-order valence-corrected chi connectivity index (χ3v) is 4.12. The standard InChI is InChI=1S/C18H30N2O3/c1-4-13-22-15-5-7-16(8-6-15)23-18(2,3)17(21)14-20-11-9-19-10-12-20/h5-8,17,19,21H,4,9-14H2,1-3H3. The molecule has 1 aliphatic rings. The molecule has 1 heterocycles. The van der Waals surface area contributed by atoms with Crippen LogP contribution in [0, 0.1) is 0 Å². The van der Waals surface area contributed by atoms with Crippen molar-refractivity contribution >= 4 is 0 Å². The summed E-state index contributed by atoms with van der Waals surface area (Å²) in [5.74, 6) is 1.59. The van der Waals surface area contributed by atoms with Gasteiger partial charge < -0.3 is 19.9 Å². The molecule has 0 amide bonds. The lowest BCUT2D eigenvalue weighted by molar-refractivity contribution is -0.0456. The van der Waals surface area contributed by atoms with E-state index in [2.05, 4.69) is 17.1 Å². The molecule has 0 saturated carbocycles. The van der Waals surface area contributed by atoms with E-state index in [1.54, 1.807) is 0 Å². The van der Waals surface area contributed by atoms with Crippen LogP contribution in [0.2, 0.25) is 0 Å². The van der Waals surface area contributed by atoms with E-state index in [4.69, 9.17) is 9.47 Å². The van der Waals surface area contributed by atoms with Crippen LogP contribution in [-0.2, 0) is 0 Å². The first kappa shape index (κ1) is 18.0. The molecule has 1 unspecified atom stereocenters. The van der Waals surface area contributed by atoms with E-state index in [-0.39, 0.29) is 0 Å². The monoisotopic (exact) mass is 322 g/mol. The number of ether oxygens (including phenoxy) is 2. The summed E-state index contributed by atoms with van der Waals surface area (Å²) < 4.78 is 11.6. The third-order valence-electron chi connectivity index (χ3n) is 4.12. The summed E-state index contributed by atoms with van der Waals surface area (Å²) >= 11 is 0. The molecule has 1 aliphatic heterocycles. The van der Waals surface area contributed by atoms with Crippen molar-refractivity contribution in [1.29, 1.82) is 0 Å². The van der Waals surface area contributed by atoms with Gasteiger partial charge in [-0.25, -0.2) is 0 Å². The molecule has 1 aromatic carbocycles. The molecule has 1 saturated heterocycles. The van der Waals surface area contributed by atoms with Crippen molar-refractivity contribution in [2.75, 3.05) is 39.3 Å². The number of aliphatic hydroxyl groups excluding tert-OH is 1. The highest BCUT2D eigenvalue weighted by Gasteiger charge is 2.31. The molecule has 0 bridgehead atoms. The van der Waals surface area contributed by atoms with Gasteiger partial charge in [-0.05, 0) is 44.5 Å². The number of benzene rings is 1. The summed E-state index contributed by atoms with van der Waals surface area (Å²) in [7, 11) is 0. The Morgan fingerprint density at radius 2 is 1.78 bits per heavy atom. The number of hydrogen-bond acceptors (Lipinski definition) is 5. The number of nitrogens with one attached hydrogen (secondary N) is 1. The van der Waals surface area contributed by atoms with Gasteiger partial charge in [-0.2, -0.15) is 0 Å². The normalized spacial score (nSPS) is 17.7. The van der Waals surface area contributed by atoms with E-state index in [1.165, 1.54) is 0 Å². The number of aliphatic hydroxyl groups is 1. The fourth-order valence-corrected chi connectivity index (χ4v) is 2.55. The van der Waals surface area contributed by atoms with Crippen LogP contribution in [0.25, 0.3) is 0 Å². The quantitative estimate of drug-likeness (QED) is 0.766. The minimum Gasteiger partial charge on any atom is -0.494 e. The summed E-state index contributed by atoms with van der Waals surface area (Å²) in [5, 5.41) is 13.9. The number of hydrogen-bond donors (Lipinski definition) is 2. The summed E-state index contributed by atoms with van der Waals surface area (Å²) in [6, 6.07) is 7.60. The molecule has 130 valence electrons. The van der Waals surface area contributed by atoms with Crippen LogP contribution < -0.4 is 14.8 Å². The molecule has 2 rings (SSSR count). The molecule has 5 nitrogen and oxygen atoms in total. The molecular weight excluding hydrogens is 292 g/mol. The second-order valence-corrected chi connectivity index (χ2v) is 6.59. The SMILES string of the molecule is CCCOc1ccc(OC(C)(C)C(O)CN2CCNCC2)cc1. The van der Waals surface area contributed by atoms with Crippen LogP contribution >= 0.6 is 0 Å². The molecular formula is C18H30N2O3. The first-order valence-corrected chi connectivity index (χ1v) is 8.54. The Kier molecular flexibility index (Phi) is 6.69. The lowest BCUT2D eigenvalue weighted by Gasteiger charge is -2.36. The molecule has 1 atom stereocenters. The lowest BCUT2D eigenvalue weighted by atomic mass is 10.0. The minimum atomic E-state index is -0.642. The van der Waals surface area contributed by atoms with Gasteiger partial charge in [-0.1, -0.05) is 6.92 Å². The maximum atomic E-state index is 10.5. The third kappa shape index (κ3) is 5.68. The zero-order chi connectivity index (χ0) is 16.7. The van der Waals surface area contributed by atoms with Gasteiger partial charge in [-0.15, -0.1) is 0 Å². The maximum absolute atomic E-state index is 10.5. The van der Waals surface area contributed by atoms with E-state index < -0.39 is 11.7 Å². The van der Waals surface area contributed by atoms with Gasteiger partial charge in [0, 0.05) is 32.7 Å². The van der Waals surface area contributed by atoms with Gasteiger partial charge >= 0.3 is 0 Å². The van der Waals surface area contributed by atoms with Crippen LogP contribution in [0.3, 0.4) is 0 Å². The summed E-state index contributed by atoms with van der Waals surface area (Å²) in [4.78, 5) is 2.27. The van der Waals surface area contributed by atoms with E-state index in [9.17, 15) is 5.11 Å². The van der Waals surface area contributed by atoms with Crippen molar-refractivity contribution in [3.05, 3.63) is 24.3 Å². The zero-order valence-corrected chi connectivity index (χ0v) is 14.5. The van der Waals surface area contributed by atoms with Crippen LogP contribution in [-0.4, -0.2) is 61.0 Å². The Bertz CT molecular complexity index is 456. The largest absolute Gasteiger partial charge is 0.494 e. The molecule has 0 aromatic heterocycles. The topological polar surface area (TPSA) is 54.0 Å². The molecule has 5 heteroatoms. The molecule has 1 fully saturated rings. The summed E-state index contributed by atoms with van der Waals surface area (Å²) in [6.45, 7) is 11.2. The second-order valence-electron chi connectivity index (χ2n) is 6.59. The molecule has 23 heavy (non-hydrogen) atoms. The van der Waals surface area contributed by atoms with Crippen LogP contribution in [0.1, 0.15) is 27.2 Å². The second kappa shape index (κ2) is 8.52. The van der Waals surface area contributed by atoms with Gasteiger partial charge in [0.15, 0.2) is 0 Å². The first-order valence-electron chi connectivity index (χ1n) is 8.54. The van der Waals surface area contributed by atoms with Gasteiger partial charge in [0.1, 0.15) is 23.2 Å². The smallest absolute Gasteiger partial charge is 0.130 e. The number of rotatable bonds is 8. The lowest BCUT2D eigenvalue weighted by Crippen LogP contribution is -2.52. The highest BCUT2D eigenvalue weighted by Crippen LogP contribution is 2.24. The predicted octanol–water partition coefficient (Wildman–Crippen LogP) is 1.90. The Hall–Kier alpha value is -1.30. The van der Waals surface area contributed by atoms with Gasteiger partial charge in [-0.3, -0.25) is 4.90 Å². The Labute approximate surface area is 139 Å². The fraction of sp³-hybridized carbons (Fsp3) is 0.667. The number of β-amino-alcohol motifs (C(OH)–C–C–N with tert-alkyl or cyclic N) is 1. The van der Waals surface area contributed by atoms with Gasteiger partial charge in [0.2, 0.25) is 0 Å². The predicted molar refractivity (Wildman–Crippen MR) is 92.3 cm³/mol. The molecule has 0 spiro atoms. The van der Waals surface area contributed by atoms with Crippen molar-refractivity contribution in [3.63, 3.8) is 0 Å². The van der Waals surface area contributed by atoms with E-state index in [0.29, 0.717) is 6.54 Å². The van der Waals surface area contributed by atoms with Crippen LogP contribution in [0.4, 0.5) is 0 Å². The average molecular weight is 322 g/mol. The van der Waals surface area contributed by atoms with Crippen molar-refractivity contribution in [2.45, 2.75) is 38.9 Å². The summed E-state index contributed by atoms with van der Waals surface area (Å²) in [6.07, 6.45) is 0.445. The fourth-order valence-electron chi connectivity index (χ4n) is 2.55. The molecule has 0 radical (unpaired) electrons.